The first-order valence-electron chi connectivity index (χ1n) is 18.5. The highest BCUT2D eigenvalue weighted by molar-refractivity contribution is 7.89. The topological polar surface area (TPSA) is 276 Å². The normalized spacial score (nSPS) is 20.0. The molecule has 0 radical (unpaired) electrons. The lowest BCUT2D eigenvalue weighted by atomic mass is 9.88. The molecular formula is C41H37N7O13S. The Morgan fingerprint density at radius 2 is 1.06 bits per heavy atom. The number of benzene rings is 4. The largest absolute Gasteiger partial charge is 0.497 e. The van der Waals surface area contributed by atoms with Crippen molar-refractivity contribution in [3.8, 4) is 11.5 Å². The number of urea groups is 2. The van der Waals surface area contributed by atoms with Gasteiger partial charge >= 0.3 is 18.0 Å². The van der Waals surface area contributed by atoms with Crippen molar-refractivity contribution in [3.63, 3.8) is 0 Å². The van der Waals surface area contributed by atoms with Crippen LogP contribution in [0.4, 0.5) is 9.59 Å². The van der Waals surface area contributed by atoms with Crippen LogP contribution in [0, 0.1) is 0 Å². The fraction of sp³-hybridized carbons (Fsp3) is 0.220. The van der Waals surface area contributed by atoms with Gasteiger partial charge in [0.15, 0.2) is 11.1 Å². The zero-order valence-corrected chi connectivity index (χ0v) is 33.9. The molecule has 0 bridgehead atoms. The van der Waals surface area contributed by atoms with Gasteiger partial charge in [0, 0.05) is 29.8 Å². The molecule has 4 aromatic rings. The van der Waals surface area contributed by atoms with Crippen molar-refractivity contribution in [1.29, 1.82) is 0 Å². The van der Waals surface area contributed by atoms with Crippen molar-refractivity contribution in [2.75, 3.05) is 33.6 Å². The summed E-state index contributed by atoms with van der Waals surface area (Å²) in [5, 5.41) is 18.7. The van der Waals surface area contributed by atoms with Crippen molar-refractivity contribution in [2.45, 2.75) is 24.2 Å². The molecule has 9 amide bonds. The number of methoxy groups -OCH3 is 2. The van der Waals surface area contributed by atoms with E-state index in [9.17, 15) is 46.8 Å². The maximum absolute atomic E-state index is 13.0. The Morgan fingerprint density at radius 1 is 0.661 bits per heavy atom. The third kappa shape index (κ3) is 7.95. The molecule has 320 valence electrons. The Labute approximate surface area is 352 Å². The highest BCUT2D eigenvalue weighted by Crippen LogP contribution is 2.34. The lowest BCUT2D eigenvalue weighted by Crippen LogP contribution is -2.52. The molecule has 4 heterocycles. The predicted octanol–water partition coefficient (Wildman–Crippen LogP) is 1.16. The second-order valence-electron chi connectivity index (χ2n) is 14.7. The number of imide groups is 2. The predicted molar refractivity (Wildman–Crippen MR) is 214 cm³/mol. The van der Waals surface area contributed by atoms with E-state index in [1.165, 1.54) is 72.6 Å². The van der Waals surface area contributed by atoms with Gasteiger partial charge < -0.3 is 35.0 Å². The third-order valence-electron chi connectivity index (χ3n) is 10.7. The zero-order valence-electron chi connectivity index (χ0n) is 33.1. The Balaban J connectivity index is 0.000000188. The summed E-state index contributed by atoms with van der Waals surface area (Å²) in [4.78, 5) is 102. The number of rotatable bonds is 11. The van der Waals surface area contributed by atoms with E-state index in [4.69, 9.17) is 14.6 Å². The first-order chi connectivity index (χ1) is 29.4. The smallest absolute Gasteiger partial charge is 0.335 e. The molecule has 4 aliphatic rings. The SMILES string of the molecule is COc1ccc2c(c1)C(=O)N(C[C@@]1(c3ccc(C(=O)NS(C)(=O)=O)cc3)NC(=O)NC1=O)C2.COc1ccc2c(c1)C(=O)N(C[C@@]1(c3ccc(C(=O)O)cc3)NC(=O)NC1=O)C2. The Bertz CT molecular complexity index is 2710. The Hall–Kier alpha value is -7.81. The summed E-state index contributed by atoms with van der Waals surface area (Å²) in [6, 6.07) is 20.0. The molecule has 21 heteroatoms. The minimum atomic E-state index is -3.75. The van der Waals surface area contributed by atoms with E-state index >= 15 is 0 Å². The van der Waals surface area contributed by atoms with Crippen LogP contribution in [0.5, 0.6) is 11.5 Å². The fourth-order valence-corrected chi connectivity index (χ4v) is 8.04. The summed E-state index contributed by atoms with van der Waals surface area (Å²) in [5.74, 6) is -2.73. The van der Waals surface area contributed by atoms with Crippen LogP contribution in [-0.4, -0.2) is 104 Å². The van der Waals surface area contributed by atoms with Crippen LogP contribution in [0.15, 0.2) is 84.9 Å². The zero-order chi connectivity index (χ0) is 44.7. The van der Waals surface area contributed by atoms with Gasteiger partial charge in [-0.05, 0) is 70.8 Å². The number of fused-ring (bicyclic) bond motifs is 2. The van der Waals surface area contributed by atoms with E-state index in [1.54, 1.807) is 36.4 Å². The number of hydrogen-bond acceptors (Lipinski definition) is 12. The lowest BCUT2D eigenvalue weighted by molar-refractivity contribution is -0.125. The molecule has 0 saturated carbocycles. The summed E-state index contributed by atoms with van der Waals surface area (Å²) in [6.45, 7) is 0.246. The average molecular weight is 868 g/mol. The average Bonchev–Trinajstić information content (AvgIpc) is 3.92. The van der Waals surface area contributed by atoms with Crippen LogP contribution in [0.1, 0.15) is 63.7 Å². The number of carboxylic acids is 1. The molecule has 0 aliphatic carbocycles. The van der Waals surface area contributed by atoms with E-state index in [1.807, 2.05) is 4.72 Å². The second-order valence-corrected chi connectivity index (χ2v) is 16.4. The van der Waals surface area contributed by atoms with E-state index in [2.05, 4.69) is 21.3 Å². The van der Waals surface area contributed by atoms with Crippen molar-refractivity contribution >= 4 is 57.6 Å². The minimum absolute atomic E-state index is 0.0424. The number of aromatic carboxylic acids is 1. The van der Waals surface area contributed by atoms with Crippen molar-refractivity contribution in [2.24, 2.45) is 0 Å². The number of hydrogen-bond donors (Lipinski definition) is 6. The number of carbonyl (C=O) groups excluding carboxylic acids is 7. The fourth-order valence-electron chi connectivity index (χ4n) is 7.59. The van der Waals surface area contributed by atoms with Crippen molar-refractivity contribution < 1.29 is 61.4 Å². The summed E-state index contributed by atoms with van der Waals surface area (Å²) in [7, 11) is -0.753. The number of nitrogens with one attached hydrogen (secondary N) is 5. The van der Waals surface area contributed by atoms with Gasteiger partial charge in [-0.25, -0.2) is 27.5 Å². The number of carboxylic acid groups (broad SMARTS) is 1. The number of sulfonamides is 1. The van der Waals surface area contributed by atoms with Gasteiger partial charge in [-0.3, -0.25) is 34.6 Å². The van der Waals surface area contributed by atoms with Crippen LogP contribution < -0.4 is 35.5 Å². The van der Waals surface area contributed by atoms with Crippen molar-refractivity contribution in [1.82, 2.24) is 35.8 Å². The molecule has 0 aromatic heterocycles. The third-order valence-corrected chi connectivity index (χ3v) is 11.2. The molecule has 4 aliphatic heterocycles. The van der Waals surface area contributed by atoms with Crippen LogP contribution in [-0.2, 0) is 43.8 Å². The van der Waals surface area contributed by atoms with Gasteiger partial charge in [0.2, 0.25) is 10.0 Å². The van der Waals surface area contributed by atoms with Gasteiger partial charge in [0.05, 0.1) is 39.1 Å². The molecule has 6 N–H and O–H groups in total. The molecular weight excluding hydrogens is 831 g/mol. The van der Waals surface area contributed by atoms with Crippen molar-refractivity contribution in [3.05, 3.63) is 129 Å². The summed E-state index contributed by atoms with van der Waals surface area (Å²) >= 11 is 0. The van der Waals surface area contributed by atoms with Crippen LogP contribution in [0.25, 0.3) is 0 Å². The number of ether oxygens (including phenoxy) is 2. The minimum Gasteiger partial charge on any atom is -0.497 e. The Morgan fingerprint density at radius 3 is 1.40 bits per heavy atom. The molecule has 20 nitrogen and oxygen atoms in total. The molecule has 2 fully saturated rings. The molecule has 4 aromatic carbocycles. The molecule has 0 unspecified atom stereocenters. The molecule has 2 atom stereocenters. The van der Waals surface area contributed by atoms with E-state index in [0.717, 1.165) is 17.4 Å². The van der Waals surface area contributed by atoms with E-state index < -0.39 is 56.9 Å². The maximum Gasteiger partial charge on any atom is 0.335 e. The monoisotopic (exact) mass is 867 g/mol. The van der Waals surface area contributed by atoms with Crippen LogP contribution >= 0.6 is 0 Å². The number of amides is 9. The van der Waals surface area contributed by atoms with Gasteiger partial charge in [-0.2, -0.15) is 0 Å². The van der Waals surface area contributed by atoms with Crippen LogP contribution in [0.3, 0.4) is 0 Å². The van der Waals surface area contributed by atoms with Crippen LogP contribution in [0.2, 0.25) is 0 Å². The highest BCUT2D eigenvalue weighted by atomic mass is 32.2. The molecule has 2 saturated heterocycles. The molecule has 8 rings (SSSR count). The lowest BCUT2D eigenvalue weighted by Gasteiger charge is -2.31. The Kier molecular flexibility index (Phi) is 10.9. The van der Waals surface area contributed by atoms with E-state index in [-0.39, 0.29) is 49.1 Å². The standard InChI is InChI=1S/C21H20N4O7S.C20H17N3O6/c1-32-15-8-5-13-10-25(18(27)16(13)9-15)11-21(19(28)22-20(29)23-21)14-6-3-12(4-7-14)17(26)24-33(2,30)31;1-29-14-7-4-12-9-23(16(24)15(12)8-14)10-20(18(27)21-19(28)22-20)13-5-2-11(3-6-13)17(25)26/h3-9H,10-11H2,1-2H3,(H,24,26)(H2,22,23,28,29);2-8H,9-10H2,1H3,(H,25,26)(H2,21,22,27,28)/t21-;20-/m00/s1. The highest BCUT2D eigenvalue weighted by Gasteiger charge is 2.52. The first kappa shape index (κ1) is 42.3. The summed E-state index contributed by atoms with van der Waals surface area (Å²) in [5.41, 5.74) is 0.153. The number of carbonyl (C=O) groups is 8. The number of nitrogens with zero attached hydrogens (tertiary/aromatic N) is 2. The quantitative estimate of drug-likeness (QED) is 0.116. The summed E-state index contributed by atoms with van der Waals surface area (Å²) < 4.78 is 34.8. The molecule has 0 spiro atoms. The maximum atomic E-state index is 13.0. The van der Waals surface area contributed by atoms with Gasteiger partial charge in [0.1, 0.15) is 11.5 Å². The van der Waals surface area contributed by atoms with E-state index in [0.29, 0.717) is 33.8 Å². The first-order valence-corrected chi connectivity index (χ1v) is 20.4. The van der Waals surface area contributed by atoms with Gasteiger partial charge in [-0.1, -0.05) is 36.4 Å². The van der Waals surface area contributed by atoms with Gasteiger partial charge in [0.25, 0.3) is 29.5 Å². The second kappa shape index (κ2) is 16.0. The summed E-state index contributed by atoms with van der Waals surface area (Å²) in [6.07, 6.45) is 0.854. The molecule has 62 heavy (non-hydrogen) atoms. The van der Waals surface area contributed by atoms with Gasteiger partial charge in [-0.15, -0.1) is 0 Å².